The van der Waals surface area contributed by atoms with Gasteiger partial charge in [-0.2, -0.15) is 0 Å². The van der Waals surface area contributed by atoms with Crippen molar-refractivity contribution in [2.45, 2.75) is 58.7 Å². The predicted molar refractivity (Wildman–Crippen MR) is 128 cm³/mol. The molecule has 6 nitrogen and oxygen atoms in total. The fourth-order valence-electron chi connectivity index (χ4n) is 3.89. The molecule has 0 saturated carbocycles. The van der Waals surface area contributed by atoms with Gasteiger partial charge in [0, 0.05) is 28.5 Å². The first-order valence-electron chi connectivity index (χ1n) is 10.6. The van der Waals surface area contributed by atoms with Crippen LogP contribution in [0.3, 0.4) is 0 Å². The van der Waals surface area contributed by atoms with Gasteiger partial charge in [-0.25, -0.2) is 0 Å². The zero-order chi connectivity index (χ0) is 23.6. The maximum Gasteiger partial charge on any atom is 0.259 e. The molecule has 2 aromatic carbocycles. The number of para-hydroxylation sites is 2. The molecule has 1 heterocycles. The number of halogens is 2. The number of nitrogens with zero attached hydrogens (tertiary/aromatic N) is 2. The van der Waals surface area contributed by atoms with Crippen LogP contribution in [0, 0.1) is 0 Å². The number of carbonyl (C=O) groups excluding carboxylic acids is 3. The van der Waals surface area contributed by atoms with Crippen LogP contribution in [0.4, 0.5) is 11.4 Å². The average molecular weight is 476 g/mol. The number of hydrogen-bond acceptors (Lipinski definition) is 3. The average Bonchev–Trinajstić information content (AvgIpc) is 2.80. The molecule has 0 radical (unpaired) electrons. The Bertz CT molecular complexity index is 992. The maximum atomic E-state index is 13.5. The van der Waals surface area contributed by atoms with Gasteiger partial charge in [-0.05, 0) is 63.9 Å². The van der Waals surface area contributed by atoms with Gasteiger partial charge in [0.25, 0.3) is 11.8 Å². The summed E-state index contributed by atoms with van der Waals surface area (Å²) < 4.78 is 0. The quantitative estimate of drug-likeness (QED) is 0.620. The lowest BCUT2D eigenvalue weighted by Crippen LogP contribution is -2.57. The standard InChI is InChI=1S/C24H27Cl2N3O3/c1-14(2)28-19-7-5-6-8-20(19)29(15(3)4)24(32)22(23(28)31)27-21(30)12-10-16-9-11-17(25)13-18(16)26/h5-9,11,13-15,22H,10,12H2,1-4H3,(H,27,30). The fraction of sp³-hybridized carbons (Fsp3) is 0.375. The summed E-state index contributed by atoms with van der Waals surface area (Å²) in [4.78, 5) is 42.8. The maximum absolute atomic E-state index is 13.5. The van der Waals surface area contributed by atoms with E-state index in [4.69, 9.17) is 23.2 Å². The highest BCUT2D eigenvalue weighted by molar-refractivity contribution is 6.35. The van der Waals surface area contributed by atoms with Crippen molar-refractivity contribution in [3.63, 3.8) is 0 Å². The van der Waals surface area contributed by atoms with Gasteiger partial charge in [0.2, 0.25) is 5.91 Å². The van der Waals surface area contributed by atoms with Crippen molar-refractivity contribution in [1.82, 2.24) is 5.32 Å². The Labute approximate surface area is 198 Å². The van der Waals surface area contributed by atoms with Crippen molar-refractivity contribution in [2.24, 2.45) is 0 Å². The summed E-state index contributed by atoms with van der Waals surface area (Å²) in [7, 11) is 0. The van der Waals surface area contributed by atoms with E-state index in [0.717, 1.165) is 5.56 Å². The molecule has 32 heavy (non-hydrogen) atoms. The second kappa shape index (κ2) is 9.92. The van der Waals surface area contributed by atoms with Crippen LogP contribution in [0.5, 0.6) is 0 Å². The lowest BCUT2D eigenvalue weighted by atomic mass is 10.1. The van der Waals surface area contributed by atoms with Gasteiger partial charge in [0.1, 0.15) is 0 Å². The van der Waals surface area contributed by atoms with Crippen LogP contribution in [0.1, 0.15) is 39.7 Å². The van der Waals surface area contributed by atoms with Crippen LogP contribution in [0.25, 0.3) is 0 Å². The highest BCUT2D eigenvalue weighted by Crippen LogP contribution is 2.35. The second-order valence-corrected chi connectivity index (χ2v) is 9.17. The minimum absolute atomic E-state index is 0.0781. The number of rotatable bonds is 6. The number of benzene rings is 2. The van der Waals surface area contributed by atoms with Crippen LogP contribution >= 0.6 is 23.2 Å². The number of aryl methyl sites for hydroxylation is 1. The van der Waals surface area contributed by atoms with Crippen molar-refractivity contribution in [3.05, 3.63) is 58.1 Å². The minimum atomic E-state index is -1.31. The first-order valence-corrected chi connectivity index (χ1v) is 11.4. The molecular formula is C24H27Cl2N3O3. The van der Waals surface area contributed by atoms with Crippen LogP contribution < -0.4 is 15.1 Å². The molecule has 0 aliphatic carbocycles. The highest BCUT2D eigenvalue weighted by Gasteiger charge is 2.42. The molecule has 1 aliphatic rings. The number of nitrogens with one attached hydrogen (secondary N) is 1. The smallest absolute Gasteiger partial charge is 0.259 e. The Morgan fingerprint density at radius 2 is 1.47 bits per heavy atom. The zero-order valence-corrected chi connectivity index (χ0v) is 20.1. The topological polar surface area (TPSA) is 69.7 Å². The number of carbonyl (C=O) groups is 3. The lowest BCUT2D eigenvalue weighted by molar-refractivity contribution is -0.134. The lowest BCUT2D eigenvalue weighted by Gasteiger charge is -2.29. The van der Waals surface area contributed by atoms with Gasteiger partial charge in [0.15, 0.2) is 6.04 Å². The van der Waals surface area contributed by atoms with Gasteiger partial charge in [-0.3, -0.25) is 14.4 Å². The molecule has 0 fully saturated rings. The molecule has 0 spiro atoms. The third-order valence-corrected chi connectivity index (χ3v) is 5.93. The second-order valence-electron chi connectivity index (χ2n) is 8.33. The summed E-state index contributed by atoms with van der Waals surface area (Å²) in [5.74, 6) is -1.29. The van der Waals surface area contributed by atoms with E-state index >= 15 is 0 Å². The van der Waals surface area contributed by atoms with E-state index in [1.54, 1.807) is 28.0 Å². The van der Waals surface area contributed by atoms with Gasteiger partial charge in [0.05, 0.1) is 11.4 Å². The normalized spacial score (nSPS) is 14.8. The van der Waals surface area contributed by atoms with Gasteiger partial charge in [-0.1, -0.05) is 41.4 Å². The molecule has 3 rings (SSSR count). The van der Waals surface area contributed by atoms with Crippen LogP contribution in [0.2, 0.25) is 10.0 Å². The first-order chi connectivity index (χ1) is 15.1. The van der Waals surface area contributed by atoms with Gasteiger partial charge < -0.3 is 15.1 Å². The Morgan fingerprint density at radius 1 is 0.938 bits per heavy atom. The van der Waals surface area contributed by atoms with E-state index in [1.165, 1.54) is 0 Å². The molecule has 3 amide bonds. The summed E-state index contributed by atoms with van der Waals surface area (Å²) in [6.07, 6.45) is 0.438. The third-order valence-electron chi connectivity index (χ3n) is 5.34. The molecule has 0 aromatic heterocycles. The predicted octanol–water partition coefficient (Wildman–Crippen LogP) is 4.61. The summed E-state index contributed by atoms with van der Waals surface area (Å²) in [5.41, 5.74) is 2.07. The molecule has 1 aliphatic heterocycles. The van der Waals surface area contributed by atoms with Crippen molar-refractivity contribution < 1.29 is 14.4 Å². The van der Waals surface area contributed by atoms with Crippen molar-refractivity contribution in [2.75, 3.05) is 9.80 Å². The molecule has 170 valence electrons. The van der Waals surface area contributed by atoms with E-state index in [1.807, 2.05) is 52.0 Å². The van der Waals surface area contributed by atoms with E-state index in [2.05, 4.69) is 5.32 Å². The van der Waals surface area contributed by atoms with Crippen LogP contribution in [0.15, 0.2) is 42.5 Å². The number of hydrogen-bond donors (Lipinski definition) is 1. The largest absolute Gasteiger partial charge is 0.337 e. The molecule has 0 unspecified atom stereocenters. The summed E-state index contributed by atoms with van der Waals surface area (Å²) in [5, 5.41) is 3.66. The van der Waals surface area contributed by atoms with Gasteiger partial charge in [-0.15, -0.1) is 0 Å². The molecule has 0 bridgehead atoms. The summed E-state index contributed by atoms with van der Waals surface area (Å²) in [6.45, 7) is 7.52. The molecule has 1 N–H and O–H groups in total. The van der Waals surface area contributed by atoms with Crippen LogP contribution in [-0.2, 0) is 20.8 Å². The van der Waals surface area contributed by atoms with Crippen molar-refractivity contribution >= 4 is 52.3 Å². The van der Waals surface area contributed by atoms with E-state index in [-0.39, 0.29) is 18.5 Å². The van der Waals surface area contributed by atoms with E-state index < -0.39 is 23.8 Å². The van der Waals surface area contributed by atoms with E-state index in [0.29, 0.717) is 27.8 Å². The molecule has 0 saturated heterocycles. The number of anilines is 2. The molecule has 0 atom stereocenters. The molecule has 8 heteroatoms. The Hall–Kier alpha value is -2.57. The fourth-order valence-corrected chi connectivity index (χ4v) is 4.39. The van der Waals surface area contributed by atoms with Crippen LogP contribution in [-0.4, -0.2) is 35.8 Å². The van der Waals surface area contributed by atoms with Gasteiger partial charge >= 0.3 is 0 Å². The SMILES string of the molecule is CC(C)N1C(=O)C(NC(=O)CCc2ccc(Cl)cc2Cl)C(=O)N(C(C)C)c2ccccc21. The minimum Gasteiger partial charge on any atom is -0.337 e. The monoisotopic (exact) mass is 475 g/mol. The van der Waals surface area contributed by atoms with Crippen molar-refractivity contribution in [3.8, 4) is 0 Å². The Morgan fingerprint density at radius 3 is 1.94 bits per heavy atom. The third kappa shape index (κ3) is 4.92. The Balaban J connectivity index is 1.87. The summed E-state index contributed by atoms with van der Waals surface area (Å²) >= 11 is 12.1. The van der Waals surface area contributed by atoms with E-state index in [9.17, 15) is 14.4 Å². The first kappa shape index (κ1) is 24.1. The number of amides is 3. The van der Waals surface area contributed by atoms with Crippen molar-refractivity contribution in [1.29, 1.82) is 0 Å². The Kier molecular flexibility index (Phi) is 7.47. The number of fused-ring (bicyclic) bond motifs is 1. The summed E-state index contributed by atoms with van der Waals surface area (Å²) in [6, 6.07) is 10.7. The molecule has 2 aromatic rings. The molecular weight excluding hydrogens is 449 g/mol. The highest BCUT2D eigenvalue weighted by atomic mass is 35.5. The zero-order valence-electron chi connectivity index (χ0n) is 18.6.